The summed E-state index contributed by atoms with van der Waals surface area (Å²) in [6.07, 6.45) is 5.05. The molecule has 0 aliphatic heterocycles. The molecule has 0 bridgehead atoms. The first-order valence-corrected chi connectivity index (χ1v) is 9.16. The Morgan fingerprint density at radius 1 is 1.21 bits per heavy atom. The number of hydrogen-bond donors (Lipinski definition) is 3. The summed E-state index contributed by atoms with van der Waals surface area (Å²) in [5.41, 5.74) is 4.61. The van der Waals surface area contributed by atoms with Gasteiger partial charge in [-0.1, -0.05) is 0 Å². The molecule has 3 heterocycles. The Morgan fingerprint density at radius 2 is 2.07 bits per heavy atom. The van der Waals surface area contributed by atoms with E-state index in [-0.39, 0.29) is 17.7 Å². The number of rotatable bonds is 4. The van der Waals surface area contributed by atoms with Gasteiger partial charge in [0.1, 0.15) is 17.0 Å². The van der Waals surface area contributed by atoms with Crippen molar-refractivity contribution >= 4 is 23.0 Å². The van der Waals surface area contributed by atoms with E-state index in [9.17, 15) is 9.18 Å². The highest BCUT2D eigenvalue weighted by molar-refractivity contribution is 5.98. The first-order valence-electron chi connectivity index (χ1n) is 9.16. The lowest BCUT2D eigenvalue weighted by molar-refractivity contribution is 0.252. The van der Waals surface area contributed by atoms with Gasteiger partial charge in [-0.15, -0.1) is 0 Å². The van der Waals surface area contributed by atoms with Crippen molar-refractivity contribution in [3.8, 4) is 22.4 Å². The lowest BCUT2D eigenvalue weighted by Crippen LogP contribution is -2.28. The van der Waals surface area contributed by atoms with Gasteiger partial charge in [-0.05, 0) is 55.3 Å². The summed E-state index contributed by atoms with van der Waals surface area (Å²) in [5, 5.41) is 5.30. The largest absolute Gasteiger partial charge is 0.338 e. The molecular weight excluding hydrogens is 371 g/mol. The number of aromatic amines is 1. The molecule has 0 spiro atoms. The molecule has 29 heavy (non-hydrogen) atoms. The number of aromatic nitrogens is 4. The van der Waals surface area contributed by atoms with Gasteiger partial charge >= 0.3 is 6.03 Å². The number of pyridine rings is 2. The van der Waals surface area contributed by atoms with Crippen molar-refractivity contribution in [2.24, 2.45) is 0 Å². The topological polar surface area (TPSA) is 95.6 Å². The van der Waals surface area contributed by atoms with Crippen molar-refractivity contribution in [1.29, 1.82) is 0 Å². The van der Waals surface area contributed by atoms with Crippen LogP contribution in [0.3, 0.4) is 0 Å². The van der Waals surface area contributed by atoms with Crippen LogP contribution < -0.4 is 10.6 Å². The van der Waals surface area contributed by atoms with Crippen LogP contribution in [-0.2, 0) is 0 Å². The van der Waals surface area contributed by atoms with Gasteiger partial charge in [0.05, 0.1) is 5.52 Å². The van der Waals surface area contributed by atoms with E-state index in [0.717, 1.165) is 16.7 Å². The quantitative estimate of drug-likeness (QED) is 0.485. The molecule has 8 heteroatoms. The molecule has 0 saturated carbocycles. The van der Waals surface area contributed by atoms with E-state index in [1.807, 2.05) is 32.0 Å². The average molecular weight is 390 g/mol. The van der Waals surface area contributed by atoms with Crippen LogP contribution in [0, 0.1) is 12.7 Å². The standard InChI is InChI=1S/C21H19FN6O/c1-3-24-21(29)28-20-26-17-9-13(14-7-12(2)10-23-11-14)8-15(19(17)27-20)18-16(22)5-4-6-25-18/h4-11H,3H2,1-2H3,(H3,24,26,27,28,29). The van der Waals surface area contributed by atoms with Crippen LogP contribution in [0.1, 0.15) is 12.5 Å². The fourth-order valence-electron chi connectivity index (χ4n) is 3.13. The molecule has 0 radical (unpaired) electrons. The molecule has 7 nitrogen and oxygen atoms in total. The number of amides is 2. The van der Waals surface area contributed by atoms with Crippen molar-refractivity contribution in [1.82, 2.24) is 25.3 Å². The molecule has 0 aliphatic rings. The zero-order chi connectivity index (χ0) is 20.4. The minimum Gasteiger partial charge on any atom is -0.338 e. The zero-order valence-electron chi connectivity index (χ0n) is 16.0. The van der Waals surface area contributed by atoms with Crippen molar-refractivity contribution in [2.75, 3.05) is 11.9 Å². The Kier molecular flexibility index (Phi) is 4.90. The molecule has 4 aromatic rings. The van der Waals surface area contributed by atoms with Crippen molar-refractivity contribution in [3.63, 3.8) is 0 Å². The predicted molar refractivity (Wildman–Crippen MR) is 110 cm³/mol. The highest BCUT2D eigenvalue weighted by Crippen LogP contribution is 2.34. The van der Waals surface area contributed by atoms with Gasteiger partial charge in [-0.2, -0.15) is 0 Å². The number of nitrogens with one attached hydrogen (secondary N) is 3. The Bertz CT molecular complexity index is 1200. The molecule has 0 fully saturated rings. The van der Waals surface area contributed by atoms with Gasteiger partial charge in [-0.25, -0.2) is 14.2 Å². The number of aryl methyl sites for hydroxylation is 1. The second-order valence-electron chi connectivity index (χ2n) is 6.57. The monoisotopic (exact) mass is 390 g/mol. The maximum atomic E-state index is 14.5. The highest BCUT2D eigenvalue weighted by atomic mass is 19.1. The Labute approximate surface area is 166 Å². The Balaban J connectivity index is 1.91. The van der Waals surface area contributed by atoms with E-state index in [0.29, 0.717) is 23.1 Å². The number of urea groups is 1. The number of hydrogen-bond acceptors (Lipinski definition) is 4. The Hall–Kier alpha value is -3.81. The first kappa shape index (κ1) is 18.5. The van der Waals surface area contributed by atoms with E-state index >= 15 is 0 Å². The first-order chi connectivity index (χ1) is 14.0. The third-order valence-corrected chi connectivity index (χ3v) is 4.38. The van der Waals surface area contributed by atoms with Gasteiger partial charge in [0.15, 0.2) is 0 Å². The summed E-state index contributed by atoms with van der Waals surface area (Å²) in [4.78, 5) is 27.9. The summed E-state index contributed by atoms with van der Waals surface area (Å²) in [6.45, 7) is 4.27. The van der Waals surface area contributed by atoms with Crippen LogP contribution in [-0.4, -0.2) is 32.5 Å². The molecule has 3 aromatic heterocycles. The molecule has 1 aromatic carbocycles. The molecular formula is C21H19FN6O. The van der Waals surface area contributed by atoms with Crippen LogP contribution in [0.15, 0.2) is 48.9 Å². The SMILES string of the molecule is CCNC(=O)Nc1nc2c(-c3ncccc3F)cc(-c3cncc(C)c3)cc2[nH]1. The molecule has 3 N–H and O–H groups in total. The molecule has 0 unspecified atom stereocenters. The zero-order valence-corrected chi connectivity index (χ0v) is 16.0. The molecule has 0 aliphatic carbocycles. The minimum absolute atomic E-state index is 0.191. The van der Waals surface area contributed by atoms with Gasteiger partial charge in [-0.3, -0.25) is 15.3 Å². The van der Waals surface area contributed by atoms with Crippen molar-refractivity contribution in [2.45, 2.75) is 13.8 Å². The van der Waals surface area contributed by atoms with Gasteiger partial charge in [0.25, 0.3) is 0 Å². The number of anilines is 1. The van der Waals surface area contributed by atoms with Gasteiger partial charge in [0.2, 0.25) is 5.95 Å². The summed E-state index contributed by atoms with van der Waals surface area (Å²) >= 11 is 0. The number of H-pyrrole nitrogens is 1. The van der Waals surface area contributed by atoms with Crippen LogP contribution in [0.25, 0.3) is 33.4 Å². The summed E-state index contributed by atoms with van der Waals surface area (Å²) in [5.74, 6) is -0.183. The summed E-state index contributed by atoms with van der Waals surface area (Å²) in [6, 6.07) is 8.25. The van der Waals surface area contributed by atoms with E-state index in [4.69, 9.17) is 0 Å². The molecule has 2 amide bonds. The van der Waals surface area contributed by atoms with E-state index in [1.54, 1.807) is 12.4 Å². The highest BCUT2D eigenvalue weighted by Gasteiger charge is 2.17. The number of carbonyl (C=O) groups is 1. The van der Waals surface area contributed by atoms with Crippen LogP contribution >= 0.6 is 0 Å². The molecule has 0 saturated heterocycles. The molecule has 0 atom stereocenters. The van der Waals surface area contributed by atoms with Gasteiger partial charge in [0, 0.05) is 36.3 Å². The average Bonchev–Trinajstić information content (AvgIpc) is 3.10. The second kappa shape index (κ2) is 7.67. The fourth-order valence-corrected chi connectivity index (χ4v) is 3.13. The molecule has 4 rings (SSSR count). The number of carbonyl (C=O) groups excluding carboxylic acids is 1. The van der Waals surface area contributed by atoms with Crippen LogP contribution in [0.4, 0.5) is 15.1 Å². The summed E-state index contributed by atoms with van der Waals surface area (Å²) < 4.78 is 14.5. The minimum atomic E-state index is -0.449. The molecule has 146 valence electrons. The second-order valence-corrected chi connectivity index (χ2v) is 6.57. The number of halogens is 1. The van der Waals surface area contributed by atoms with E-state index in [1.165, 1.54) is 18.3 Å². The fraction of sp³-hybridized carbons (Fsp3) is 0.143. The normalized spacial score (nSPS) is 10.9. The maximum absolute atomic E-state index is 14.5. The number of fused-ring (bicyclic) bond motifs is 1. The third-order valence-electron chi connectivity index (χ3n) is 4.38. The number of nitrogens with zero attached hydrogens (tertiary/aromatic N) is 3. The lowest BCUT2D eigenvalue weighted by atomic mass is 10.00. The van der Waals surface area contributed by atoms with E-state index < -0.39 is 5.82 Å². The number of benzene rings is 1. The summed E-state index contributed by atoms with van der Waals surface area (Å²) in [7, 11) is 0. The number of imidazole rings is 1. The van der Waals surface area contributed by atoms with Crippen molar-refractivity contribution < 1.29 is 9.18 Å². The lowest BCUT2D eigenvalue weighted by Gasteiger charge is -2.08. The van der Waals surface area contributed by atoms with Crippen molar-refractivity contribution in [3.05, 3.63) is 60.3 Å². The Morgan fingerprint density at radius 3 is 2.83 bits per heavy atom. The van der Waals surface area contributed by atoms with Crippen LogP contribution in [0.5, 0.6) is 0 Å². The van der Waals surface area contributed by atoms with Gasteiger partial charge < -0.3 is 10.3 Å². The predicted octanol–water partition coefficient (Wildman–Crippen LogP) is 4.28. The van der Waals surface area contributed by atoms with E-state index in [2.05, 4.69) is 30.6 Å². The van der Waals surface area contributed by atoms with Crippen LogP contribution in [0.2, 0.25) is 0 Å². The smallest absolute Gasteiger partial charge is 0.321 e. The maximum Gasteiger partial charge on any atom is 0.321 e. The third kappa shape index (κ3) is 3.77.